The van der Waals surface area contributed by atoms with Crippen molar-refractivity contribution in [3.8, 4) is 5.75 Å². The molecule has 0 N–H and O–H groups in total. The molecular formula is C11H13ClO3. The molecule has 0 aliphatic heterocycles. The van der Waals surface area contributed by atoms with Crippen molar-refractivity contribution < 1.29 is 14.3 Å². The van der Waals surface area contributed by atoms with Crippen LogP contribution in [0.3, 0.4) is 0 Å². The van der Waals surface area contributed by atoms with E-state index in [0.717, 1.165) is 0 Å². The summed E-state index contributed by atoms with van der Waals surface area (Å²) >= 11 is 5.70. The van der Waals surface area contributed by atoms with Gasteiger partial charge in [0.15, 0.2) is 6.61 Å². The van der Waals surface area contributed by atoms with E-state index < -0.39 is 0 Å². The van der Waals surface area contributed by atoms with Crippen molar-refractivity contribution >= 4 is 17.6 Å². The van der Waals surface area contributed by atoms with Gasteiger partial charge < -0.3 is 9.47 Å². The molecule has 0 fully saturated rings. The van der Waals surface area contributed by atoms with Crippen molar-refractivity contribution in [2.75, 3.05) is 6.61 Å². The van der Waals surface area contributed by atoms with Gasteiger partial charge >= 0.3 is 5.97 Å². The Labute approximate surface area is 93.9 Å². The maximum atomic E-state index is 11.1. The van der Waals surface area contributed by atoms with Crippen LogP contribution in [0.4, 0.5) is 0 Å². The van der Waals surface area contributed by atoms with Crippen molar-refractivity contribution in [1.82, 2.24) is 0 Å². The summed E-state index contributed by atoms with van der Waals surface area (Å²) in [6, 6.07) is 6.80. The molecule has 3 nitrogen and oxygen atoms in total. The Balaban J connectivity index is 2.37. The third-order valence-corrected chi connectivity index (χ3v) is 1.79. The van der Waals surface area contributed by atoms with Gasteiger partial charge in [-0.15, -0.1) is 0 Å². The smallest absolute Gasteiger partial charge is 0.344 e. The molecule has 0 heterocycles. The lowest BCUT2D eigenvalue weighted by Gasteiger charge is -2.09. The monoisotopic (exact) mass is 228 g/mol. The predicted molar refractivity (Wildman–Crippen MR) is 58.2 cm³/mol. The second kappa shape index (κ2) is 5.61. The number of ether oxygens (including phenoxy) is 2. The fourth-order valence-corrected chi connectivity index (χ4v) is 1.10. The highest BCUT2D eigenvalue weighted by atomic mass is 35.5. The Morgan fingerprint density at radius 2 is 1.93 bits per heavy atom. The van der Waals surface area contributed by atoms with Crippen LogP contribution in [0.25, 0.3) is 0 Å². The Bertz CT molecular complexity index is 319. The van der Waals surface area contributed by atoms with Gasteiger partial charge in [0.25, 0.3) is 0 Å². The average molecular weight is 229 g/mol. The molecule has 0 saturated carbocycles. The lowest BCUT2D eigenvalue weighted by molar-refractivity contribution is -0.149. The summed E-state index contributed by atoms with van der Waals surface area (Å²) in [6.45, 7) is 3.50. The van der Waals surface area contributed by atoms with Crippen LogP contribution in [0.1, 0.15) is 13.8 Å². The standard InChI is InChI=1S/C11H13ClO3/c1-8(2)15-11(13)7-14-10-5-3-9(12)4-6-10/h3-6,8H,7H2,1-2H3. The van der Waals surface area contributed by atoms with Crippen molar-refractivity contribution in [3.05, 3.63) is 29.3 Å². The van der Waals surface area contributed by atoms with Crippen molar-refractivity contribution in [2.45, 2.75) is 20.0 Å². The molecule has 0 spiro atoms. The highest BCUT2D eigenvalue weighted by Gasteiger charge is 2.05. The molecule has 0 aliphatic carbocycles. The van der Waals surface area contributed by atoms with Gasteiger partial charge in [-0.1, -0.05) is 11.6 Å². The third-order valence-electron chi connectivity index (χ3n) is 1.54. The average Bonchev–Trinajstić information content (AvgIpc) is 2.16. The molecule has 82 valence electrons. The minimum Gasteiger partial charge on any atom is -0.482 e. The summed E-state index contributed by atoms with van der Waals surface area (Å²) in [5.41, 5.74) is 0. The minimum absolute atomic E-state index is 0.0835. The Morgan fingerprint density at radius 3 is 2.47 bits per heavy atom. The molecule has 0 bridgehead atoms. The number of hydrogen-bond acceptors (Lipinski definition) is 3. The van der Waals surface area contributed by atoms with E-state index in [4.69, 9.17) is 21.1 Å². The van der Waals surface area contributed by atoms with E-state index in [1.165, 1.54) is 0 Å². The molecule has 1 aromatic rings. The first-order valence-electron chi connectivity index (χ1n) is 4.66. The molecule has 0 radical (unpaired) electrons. The molecule has 1 rings (SSSR count). The van der Waals surface area contributed by atoms with Gasteiger partial charge in [-0.2, -0.15) is 0 Å². The molecule has 1 aromatic carbocycles. The van der Waals surface area contributed by atoms with Crippen LogP contribution in [-0.4, -0.2) is 18.7 Å². The summed E-state index contributed by atoms with van der Waals surface area (Å²) in [5.74, 6) is 0.222. The van der Waals surface area contributed by atoms with Gasteiger partial charge in [0.2, 0.25) is 0 Å². The second-order valence-corrected chi connectivity index (χ2v) is 3.72. The minimum atomic E-state index is -0.375. The number of hydrogen-bond donors (Lipinski definition) is 0. The van der Waals surface area contributed by atoms with Gasteiger partial charge in [0.05, 0.1) is 6.10 Å². The summed E-state index contributed by atoms with van der Waals surface area (Å²) in [5, 5.41) is 0.632. The van der Waals surface area contributed by atoms with Crippen LogP contribution in [0.15, 0.2) is 24.3 Å². The van der Waals surface area contributed by atoms with E-state index in [0.29, 0.717) is 10.8 Å². The topological polar surface area (TPSA) is 35.5 Å². The maximum Gasteiger partial charge on any atom is 0.344 e. The molecule has 15 heavy (non-hydrogen) atoms. The summed E-state index contributed by atoms with van der Waals surface area (Å²) in [6.07, 6.45) is -0.119. The Kier molecular flexibility index (Phi) is 4.43. The van der Waals surface area contributed by atoms with Crippen LogP contribution >= 0.6 is 11.6 Å². The van der Waals surface area contributed by atoms with E-state index in [2.05, 4.69) is 0 Å². The molecule has 0 amide bonds. The first kappa shape index (κ1) is 11.9. The maximum absolute atomic E-state index is 11.1. The first-order valence-corrected chi connectivity index (χ1v) is 5.03. The zero-order chi connectivity index (χ0) is 11.3. The second-order valence-electron chi connectivity index (χ2n) is 3.28. The molecule has 0 unspecified atom stereocenters. The molecule has 0 atom stereocenters. The quantitative estimate of drug-likeness (QED) is 0.744. The van der Waals surface area contributed by atoms with Crippen molar-refractivity contribution in [1.29, 1.82) is 0 Å². The molecule has 4 heteroatoms. The zero-order valence-corrected chi connectivity index (χ0v) is 9.45. The fourth-order valence-electron chi connectivity index (χ4n) is 0.970. The third kappa shape index (κ3) is 4.70. The van der Waals surface area contributed by atoms with Crippen molar-refractivity contribution in [2.24, 2.45) is 0 Å². The predicted octanol–water partition coefficient (Wildman–Crippen LogP) is 2.67. The van der Waals surface area contributed by atoms with Gasteiger partial charge in [0, 0.05) is 5.02 Å². The van der Waals surface area contributed by atoms with Crippen LogP contribution in [0, 0.1) is 0 Å². The van der Waals surface area contributed by atoms with Gasteiger partial charge in [-0.3, -0.25) is 0 Å². The van der Waals surface area contributed by atoms with Crippen LogP contribution < -0.4 is 4.74 Å². The lowest BCUT2D eigenvalue weighted by atomic mass is 10.3. The molecule has 0 aromatic heterocycles. The number of esters is 1. The Hall–Kier alpha value is -1.22. The number of rotatable bonds is 4. The van der Waals surface area contributed by atoms with E-state index >= 15 is 0 Å². The SMILES string of the molecule is CC(C)OC(=O)COc1ccc(Cl)cc1. The number of benzene rings is 1. The van der Waals surface area contributed by atoms with E-state index in [1.54, 1.807) is 38.1 Å². The normalized spacial score (nSPS) is 10.1. The van der Waals surface area contributed by atoms with Crippen LogP contribution in [-0.2, 0) is 9.53 Å². The Morgan fingerprint density at radius 1 is 1.33 bits per heavy atom. The highest BCUT2D eigenvalue weighted by Crippen LogP contribution is 2.15. The first-order chi connectivity index (χ1) is 7.08. The van der Waals surface area contributed by atoms with E-state index in [1.807, 2.05) is 0 Å². The molecule has 0 saturated heterocycles. The fraction of sp³-hybridized carbons (Fsp3) is 0.364. The molecule has 0 aliphatic rings. The molecular weight excluding hydrogens is 216 g/mol. The largest absolute Gasteiger partial charge is 0.482 e. The summed E-state index contributed by atoms with van der Waals surface area (Å²) < 4.78 is 10.1. The van der Waals surface area contributed by atoms with Crippen LogP contribution in [0.2, 0.25) is 5.02 Å². The van der Waals surface area contributed by atoms with Crippen LogP contribution in [0.5, 0.6) is 5.75 Å². The number of carbonyl (C=O) groups excluding carboxylic acids is 1. The highest BCUT2D eigenvalue weighted by molar-refractivity contribution is 6.30. The van der Waals surface area contributed by atoms with Gasteiger partial charge in [0.1, 0.15) is 5.75 Å². The zero-order valence-electron chi connectivity index (χ0n) is 8.70. The summed E-state index contributed by atoms with van der Waals surface area (Å²) in [7, 11) is 0. The van der Waals surface area contributed by atoms with E-state index in [-0.39, 0.29) is 18.7 Å². The van der Waals surface area contributed by atoms with E-state index in [9.17, 15) is 4.79 Å². The lowest BCUT2D eigenvalue weighted by Crippen LogP contribution is -2.18. The van der Waals surface area contributed by atoms with Crippen molar-refractivity contribution in [3.63, 3.8) is 0 Å². The van der Waals surface area contributed by atoms with Gasteiger partial charge in [-0.05, 0) is 38.1 Å². The number of halogens is 1. The van der Waals surface area contributed by atoms with Gasteiger partial charge in [-0.25, -0.2) is 4.79 Å². The summed E-state index contributed by atoms with van der Waals surface area (Å²) in [4.78, 5) is 11.1. The number of carbonyl (C=O) groups is 1.